The lowest BCUT2D eigenvalue weighted by Crippen LogP contribution is -2.31. The van der Waals surface area contributed by atoms with Crippen LogP contribution in [0.3, 0.4) is 0 Å². The molecule has 1 aliphatic carbocycles. The summed E-state index contributed by atoms with van der Waals surface area (Å²) in [5.74, 6) is -0.744. The van der Waals surface area contributed by atoms with Gasteiger partial charge in [0.15, 0.2) is 0 Å². The molecule has 3 N–H and O–H groups in total. The van der Waals surface area contributed by atoms with Gasteiger partial charge in [0.1, 0.15) is 0 Å². The van der Waals surface area contributed by atoms with Gasteiger partial charge in [-0.2, -0.15) is 0 Å². The number of carbonyl (C=O) groups is 1. The lowest BCUT2D eigenvalue weighted by Gasteiger charge is -2.19. The van der Waals surface area contributed by atoms with Crippen LogP contribution in [-0.4, -0.2) is 65.6 Å². The van der Waals surface area contributed by atoms with Crippen molar-refractivity contribution in [3.8, 4) is 0 Å². The second kappa shape index (κ2) is 13.2. The second-order valence-corrected chi connectivity index (χ2v) is 10.3. The number of carbonyl (C=O) groups excluding carboxylic acids is 1. The number of nitrogens with zero attached hydrogens (tertiary/aromatic N) is 1. The molecule has 0 bridgehead atoms. The Morgan fingerprint density at radius 1 is 1.17 bits per heavy atom. The molecule has 0 aromatic heterocycles. The van der Waals surface area contributed by atoms with Crippen molar-refractivity contribution >= 4 is 15.9 Å². The SMILES string of the molecule is CCCCC[C@H](O)C=C[C@@H]1[C@@H](CC=CCCCC(=O)N(C)S(C)(=O)=O)[C@@H](O)C[C@H]1O. The molecular weight excluding hydrogens is 406 g/mol. The zero-order valence-corrected chi connectivity index (χ0v) is 19.3. The molecule has 1 aliphatic rings. The van der Waals surface area contributed by atoms with E-state index in [0.717, 1.165) is 29.8 Å². The number of amides is 1. The van der Waals surface area contributed by atoms with Gasteiger partial charge in [0.25, 0.3) is 0 Å². The van der Waals surface area contributed by atoms with Crippen LogP contribution in [-0.2, 0) is 14.8 Å². The fraction of sp³-hybridized carbons (Fsp3) is 0.773. The minimum absolute atomic E-state index is 0.117. The lowest BCUT2D eigenvalue weighted by molar-refractivity contribution is -0.125. The average Bonchev–Trinajstić information content (AvgIpc) is 2.94. The first-order valence-electron chi connectivity index (χ1n) is 10.9. The van der Waals surface area contributed by atoms with Crippen LogP contribution in [0, 0.1) is 11.8 Å². The Labute approximate surface area is 181 Å². The summed E-state index contributed by atoms with van der Waals surface area (Å²) in [6.07, 6.45) is 12.8. The normalized spacial score (nSPS) is 25.9. The van der Waals surface area contributed by atoms with Crippen LogP contribution in [0.25, 0.3) is 0 Å². The Morgan fingerprint density at radius 3 is 2.50 bits per heavy atom. The van der Waals surface area contributed by atoms with Gasteiger partial charge < -0.3 is 15.3 Å². The van der Waals surface area contributed by atoms with Crippen LogP contribution < -0.4 is 0 Å². The number of aliphatic hydroxyl groups is 3. The van der Waals surface area contributed by atoms with Crippen molar-refractivity contribution in [2.75, 3.05) is 13.3 Å². The number of allylic oxidation sites excluding steroid dienone is 2. The Balaban J connectivity index is 2.46. The van der Waals surface area contributed by atoms with Crippen LogP contribution in [0.15, 0.2) is 24.3 Å². The Bertz CT molecular complexity index is 675. The predicted octanol–water partition coefficient (Wildman–Crippen LogP) is 2.38. The first kappa shape index (κ1) is 26.8. The van der Waals surface area contributed by atoms with E-state index >= 15 is 0 Å². The summed E-state index contributed by atoms with van der Waals surface area (Å²) in [5.41, 5.74) is 0. The molecule has 1 rings (SSSR count). The quantitative estimate of drug-likeness (QED) is 0.296. The summed E-state index contributed by atoms with van der Waals surface area (Å²) in [7, 11) is -2.25. The molecule has 30 heavy (non-hydrogen) atoms. The molecule has 0 unspecified atom stereocenters. The molecule has 8 heteroatoms. The predicted molar refractivity (Wildman–Crippen MR) is 118 cm³/mol. The van der Waals surface area contributed by atoms with E-state index in [9.17, 15) is 28.5 Å². The van der Waals surface area contributed by atoms with Gasteiger partial charge in [-0.25, -0.2) is 12.7 Å². The van der Waals surface area contributed by atoms with Crippen molar-refractivity contribution in [3.05, 3.63) is 24.3 Å². The molecule has 0 heterocycles. The maximum absolute atomic E-state index is 11.8. The Hall–Kier alpha value is -1.22. The highest BCUT2D eigenvalue weighted by Crippen LogP contribution is 2.36. The summed E-state index contributed by atoms with van der Waals surface area (Å²) in [5, 5.41) is 30.6. The molecule has 1 amide bonds. The summed E-state index contributed by atoms with van der Waals surface area (Å²) in [4.78, 5) is 11.8. The highest BCUT2D eigenvalue weighted by Gasteiger charge is 2.39. The maximum Gasteiger partial charge on any atom is 0.235 e. The fourth-order valence-electron chi connectivity index (χ4n) is 3.75. The van der Waals surface area contributed by atoms with Crippen molar-refractivity contribution in [2.24, 2.45) is 11.8 Å². The third kappa shape index (κ3) is 9.29. The molecule has 1 saturated carbocycles. The van der Waals surface area contributed by atoms with Crippen LogP contribution in [0.1, 0.15) is 64.7 Å². The number of sulfonamides is 1. The van der Waals surface area contributed by atoms with E-state index in [2.05, 4.69) is 6.92 Å². The molecule has 0 spiro atoms. The number of hydrogen-bond acceptors (Lipinski definition) is 6. The van der Waals surface area contributed by atoms with E-state index in [1.54, 1.807) is 6.08 Å². The van der Waals surface area contributed by atoms with Gasteiger partial charge in [0, 0.05) is 25.8 Å². The van der Waals surface area contributed by atoms with Gasteiger partial charge in [-0.3, -0.25) is 4.79 Å². The zero-order valence-electron chi connectivity index (χ0n) is 18.5. The van der Waals surface area contributed by atoms with Crippen molar-refractivity contribution in [1.82, 2.24) is 4.31 Å². The minimum Gasteiger partial charge on any atom is -0.393 e. The monoisotopic (exact) mass is 445 g/mol. The highest BCUT2D eigenvalue weighted by molar-refractivity contribution is 7.88. The van der Waals surface area contributed by atoms with Crippen molar-refractivity contribution in [3.63, 3.8) is 0 Å². The molecule has 174 valence electrons. The molecule has 1 fully saturated rings. The van der Waals surface area contributed by atoms with Gasteiger partial charge in [-0.15, -0.1) is 0 Å². The second-order valence-electron chi connectivity index (χ2n) is 8.28. The van der Waals surface area contributed by atoms with E-state index < -0.39 is 34.2 Å². The summed E-state index contributed by atoms with van der Waals surface area (Å²) >= 11 is 0. The molecule has 0 aromatic rings. The van der Waals surface area contributed by atoms with Gasteiger partial charge in [-0.1, -0.05) is 50.5 Å². The van der Waals surface area contributed by atoms with Crippen molar-refractivity contribution in [2.45, 2.75) is 83.0 Å². The van der Waals surface area contributed by atoms with E-state index in [1.165, 1.54) is 7.05 Å². The molecule has 0 aromatic carbocycles. The smallest absolute Gasteiger partial charge is 0.235 e. The van der Waals surface area contributed by atoms with Gasteiger partial charge in [0.05, 0.1) is 24.6 Å². The molecule has 5 atom stereocenters. The molecular formula is C22H39NO6S. The Kier molecular flexibility index (Phi) is 11.8. The molecule has 0 saturated heterocycles. The number of aliphatic hydroxyl groups excluding tert-OH is 3. The van der Waals surface area contributed by atoms with E-state index in [-0.39, 0.29) is 18.3 Å². The van der Waals surface area contributed by atoms with Gasteiger partial charge in [-0.05, 0) is 31.6 Å². The van der Waals surface area contributed by atoms with Crippen molar-refractivity contribution in [1.29, 1.82) is 0 Å². The van der Waals surface area contributed by atoms with E-state index in [0.29, 0.717) is 32.1 Å². The fourth-order valence-corrected chi connectivity index (χ4v) is 4.21. The van der Waals surface area contributed by atoms with Crippen LogP contribution in [0.5, 0.6) is 0 Å². The third-order valence-electron chi connectivity index (χ3n) is 5.76. The summed E-state index contributed by atoms with van der Waals surface area (Å²) in [6.45, 7) is 2.11. The topological polar surface area (TPSA) is 115 Å². The third-order valence-corrected chi connectivity index (χ3v) is 6.96. The molecule has 0 aliphatic heterocycles. The van der Waals surface area contributed by atoms with E-state index in [1.807, 2.05) is 18.2 Å². The minimum atomic E-state index is -3.51. The standard InChI is InChI=1S/C22H39NO6S/c1-4-5-8-11-17(24)14-15-19-18(20(25)16-21(19)26)12-9-6-7-10-13-22(27)23(2)30(3,28)29/h6,9,14-15,17-21,24-26H,4-5,7-8,10-13,16H2,1-3H3/t17-,18+,19+,20-,21+/m0/s1. The van der Waals surface area contributed by atoms with E-state index in [4.69, 9.17) is 0 Å². The van der Waals surface area contributed by atoms with Crippen LogP contribution in [0.2, 0.25) is 0 Å². The number of unbranched alkanes of at least 4 members (excludes halogenated alkanes) is 3. The van der Waals surface area contributed by atoms with Gasteiger partial charge in [0.2, 0.25) is 15.9 Å². The molecule has 7 nitrogen and oxygen atoms in total. The average molecular weight is 446 g/mol. The highest BCUT2D eigenvalue weighted by atomic mass is 32.2. The van der Waals surface area contributed by atoms with Crippen LogP contribution >= 0.6 is 0 Å². The first-order valence-corrected chi connectivity index (χ1v) is 12.8. The van der Waals surface area contributed by atoms with Crippen molar-refractivity contribution < 1.29 is 28.5 Å². The molecule has 0 radical (unpaired) electrons. The summed E-state index contributed by atoms with van der Waals surface area (Å²) in [6, 6.07) is 0. The number of hydrogen-bond donors (Lipinski definition) is 3. The zero-order chi connectivity index (χ0) is 22.7. The van der Waals surface area contributed by atoms with Gasteiger partial charge >= 0.3 is 0 Å². The first-order chi connectivity index (χ1) is 14.1. The number of rotatable bonds is 13. The largest absolute Gasteiger partial charge is 0.393 e. The maximum atomic E-state index is 11.8. The lowest BCUT2D eigenvalue weighted by atomic mass is 9.89. The van der Waals surface area contributed by atoms with Crippen LogP contribution in [0.4, 0.5) is 0 Å². The Morgan fingerprint density at radius 2 is 1.87 bits per heavy atom. The summed E-state index contributed by atoms with van der Waals surface area (Å²) < 4.78 is 23.4.